The number of nitrogens with zero attached hydrogens (tertiary/aromatic N) is 2. The van der Waals surface area contributed by atoms with Crippen LogP contribution in [-0.4, -0.2) is 18.6 Å². The van der Waals surface area contributed by atoms with Crippen LogP contribution >= 0.6 is 11.9 Å². The van der Waals surface area contributed by atoms with Gasteiger partial charge in [-0.15, -0.1) is 0 Å². The predicted molar refractivity (Wildman–Crippen MR) is 104 cm³/mol. The van der Waals surface area contributed by atoms with E-state index in [9.17, 15) is 0 Å². The lowest BCUT2D eigenvalue weighted by Gasteiger charge is -2.37. The van der Waals surface area contributed by atoms with Crippen LogP contribution in [0.25, 0.3) is 0 Å². The number of para-hydroxylation sites is 1. The average molecular weight is 350 g/mol. The Hall–Kier alpha value is -1.96. The summed E-state index contributed by atoms with van der Waals surface area (Å²) >= 11 is 1.70. The van der Waals surface area contributed by atoms with Gasteiger partial charge in [0.05, 0.1) is 11.6 Å². The average Bonchev–Trinajstić information content (AvgIpc) is 3.11. The Morgan fingerprint density at radius 2 is 1.92 bits per heavy atom. The van der Waals surface area contributed by atoms with Crippen LogP contribution in [0, 0.1) is 11.3 Å². The van der Waals surface area contributed by atoms with Gasteiger partial charge in [0, 0.05) is 29.2 Å². The van der Waals surface area contributed by atoms with Crippen molar-refractivity contribution in [3.05, 3.63) is 59.7 Å². The third kappa shape index (κ3) is 3.68. The molecule has 3 nitrogen and oxygen atoms in total. The lowest BCUT2D eigenvalue weighted by atomic mass is 9.90. The molecule has 25 heavy (non-hydrogen) atoms. The van der Waals surface area contributed by atoms with Gasteiger partial charge in [0.1, 0.15) is 0 Å². The lowest BCUT2D eigenvalue weighted by molar-refractivity contribution is 0.364. The summed E-state index contributed by atoms with van der Waals surface area (Å²) in [4.78, 5) is 3.81. The normalized spacial score (nSPS) is 22.4. The molecule has 0 bridgehead atoms. The highest BCUT2D eigenvalue weighted by Crippen LogP contribution is 2.34. The number of nitriles is 1. The van der Waals surface area contributed by atoms with Crippen molar-refractivity contribution in [3.63, 3.8) is 0 Å². The largest absolute Gasteiger partial charge is 0.368 e. The summed E-state index contributed by atoms with van der Waals surface area (Å²) in [6.45, 7) is 1.17. The highest BCUT2D eigenvalue weighted by Gasteiger charge is 2.30. The molecule has 1 N–H and O–H groups in total. The zero-order chi connectivity index (χ0) is 17.1. The van der Waals surface area contributed by atoms with Gasteiger partial charge in [-0.2, -0.15) is 5.26 Å². The molecular formula is C21H23N3S. The van der Waals surface area contributed by atoms with E-state index in [2.05, 4.69) is 40.0 Å². The van der Waals surface area contributed by atoms with E-state index in [0.29, 0.717) is 12.1 Å². The Bertz CT molecular complexity index is 765. The van der Waals surface area contributed by atoms with E-state index in [0.717, 1.165) is 5.56 Å². The summed E-state index contributed by atoms with van der Waals surface area (Å²) in [5.74, 6) is 0. The van der Waals surface area contributed by atoms with Crippen LogP contribution in [0.15, 0.2) is 53.4 Å². The number of fused-ring (bicyclic) bond motifs is 1. The molecule has 1 aliphatic heterocycles. The molecule has 2 atom stereocenters. The highest BCUT2D eigenvalue weighted by atomic mass is 32.2. The molecule has 0 aromatic heterocycles. The minimum Gasteiger partial charge on any atom is -0.368 e. The molecule has 1 fully saturated rings. The Morgan fingerprint density at radius 3 is 2.76 bits per heavy atom. The molecule has 1 aliphatic carbocycles. The standard InChI is InChI=1S/C21H23N3S/c22-15-16-8-10-20(11-9-16)25-23-18-5-3-6-19(14-18)24-13-12-17-4-1-2-7-21(17)24/h1-2,4,7-11,18-19,23H,3,5-6,12-14H2. The van der Waals surface area contributed by atoms with E-state index in [1.54, 1.807) is 11.9 Å². The van der Waals surface area contributed by atoms with Crippen molar-refractivity contribution < 1.29 is 0 Å². The van der Waals surface area contributed by atoms with Gasteiger partial charge in [-0.3, -0.25) is 4.72 Å². The first-order valence-corrected chi connectivity index (χ1v) is 9.92. The smallest absolute Gasteiger partial charge is 0.0991 e. The summed E-state index contributed by atoms with van der Waals surface area (Å²) in [5, 5.41) is 8.89. The Labute approximate surface area is 154 Å². The zero-order valence-corrected chi connectivity index (χ0v) is 15.1. The second kappa shape index (κ2) is 7.51. The summed E-state index contributed by atoms with van der Waals surface area (Å²) in [6, 6.07) is 20.0. The van der Waals surface area contributed by atoms with Crippen LogP contribution in [0.4, 0.5) is 5.69 Å². The van der Waals surface area contributed by atoms with Crippen molar-refractivity contribution >= 4 is 17.6 Å². The molecule has 2 aromatic carbocycles. The van der Waals surface area contributed by atoms with E-state index in [1.807, 2.05) is 24.3 Å². The van der Waals surface area contributed by atoms with Crippen LogP contribution in [-0.2, 0) is 6.42 Å². The summed E-state index contributed by atoms with van der Waals surface area (Å²) in [5.41, 5.74) is 3.67. The quantitative estimate of drug-likeness (QED) is 0.823. The molecule has 1 heterocycles. The molecule has 2 unspecified atom stereocenters. The summed E-state index contributed by atoms with van der Waals surface area (Å²) in [7, 11) is 0. The number of nitrogens with one attached hydrogen (secondary N) is 1. The van der Waals surface area contributed by atoms with Gasteiger partial charge in [0.2, 0.25) is 0 Å². The Kier molecular flexibility index (Phi) is 4.96. The molecule has 2 aliphatic rings. The fraction of sp³-hybridized carbons (Fsp3) is 0.381. The maximum atomic E-state index is 8.89. The lowest BCUT2D eigenvalue weighted by Crippen LogP contribution is -2.42. The van der Waals surface area contributed by atoms with Gasteiger partial charge >= 0.3 is 0 Å². The minimum absolute atomic E-state index is 0.548. The number of hydrogen-bond donors (Lipinski definition) is 1. The predicted octanol–water partition coefficient (Wildman–Crippen LogP) is 4.53. The van der Waals surface area contributed by atoms with Gasteiger partial charge in [-0.1, -0.05) is 18.2 Å². The molecule has 2 aromatic rings. The molecule has 128 valence electrons. The van der Waals surface area contributed by atoms with Crippen LogP contribution in [0.5, 0.6) is 0 Å². The van der Waals surface area contributed by atoms with Crippen molar-refractivity contribution in [2.45, 2.75) is 49.1 Å². The second-order valence-electron chi connectivity index (χ2n) is 6.95. The fourth-order valence-electron chi connectivity index (χ4n) is 4.05. The monoisotopic (exact) mass is 349 g/mol. The van der Waals surface area contributed by atoms with E-state index in [1.165, 1.54) is 54.8 Å². The zero-order valence-electron chi connectivity index (χ0n) is 14.3. The van der Waals surface area contributed by atoms with Crippen molar-refractivity contribution in [3.8, 4) is 6.07 Å². The molecular weight excluding hydrogens is 326 g/mol. The third-order valence-corrected chi connectivity index (χ3v) is 6.30. The number of rotatable bonds is 4. The SMILES string of the molecule is N#Cc1ccc(SNC2CCCC(N3CCc4ccccc43)C2)cc1. The summed E-state index contributed by atoms with van der Waals surface area (Å²) < 4.78 is 3.66. The third-order valence-electron chi connectivity index (χ3n) is 5.34. The van der Waals surface area contributed by atoms with Crippen molar-refractivity contribution in [2.75, 3.05) is 11.4 Å². The Balaban J connectivity index is 1.36. The van der Waals surface area contributed by atoms with Crippen molar-refractivity contribution in [1.29, 1.82) is 5.26 Å². The maximum Gasteiger partial charge on any atom is 0.0991 e. The fourth-order valence-corrected chi connectivity index (χ4v) is 4.84. The van der Waals surface area contributed by atoms with E-state index < -0.39 is 0 Å². The number of hydrogen-bond acceptors (Lipinski definition) is 4. The highest BCUT2D eigenvalue weighted by molar-refractivity contribution is 7.97. The first-order chi connectivity index (χ1) is 12.3. The molecule has 0 saturated heterocycles. The van der Waals surface area contributed by atoms with Crippen LogP contribution < -0.4 is 9.62 Å². The van der Waals surface area contributed by atoms with Gasteiger partial charge in [0.25, 0.3) is 0 Å². The topological polar surface area (TPSA) is 39.1 Å². The molecule has 0 amide bonds. The first-order valence-electron chi connectivity index (χ1n) is 9.10. The van der Waals surface area contributed by atoms with Crippen molar-refractivity contribution in [1.82, 2.24) is 4.72 Å². The Morgan fingerprint density at radius 1 is 1.08 bits per heavy atom. The molecule has 0 radical (unpaired) electrons. The van der Waals surface area contributed by atoms with Gasteiger partial charge in [0.15, 0.2) is 0 Å². The van der Waals surface area contributed by atoms with Crippen LogP contribution in [0.3, 0.4) is 0 Å². The molecule has 4 heteroatoms. The molecule has 0 spiro atoms. The van der Waals surface area contributed by atoms with Crippen LogP contribution in [0.2, 0.25) is 0 Å². The number of anilines is 1. The molecule has 1 saturated carbocycles. The van der Waals surface area contributed by atoms with Crippen LogP contribution in [0.1, 0.15) is 36.8 Å². The number of benzene rings is 2. The van der Waals surface area contributed by atoms with E-state index >= 15 is 0 Å². The van der Waals surface area contributed by atoms with E-state index in [4.69, 9.17) is 5.26 Å². The van der Waals surface area contributed by atoms with Gasteiger partial charge in [-0.25, -0.2) is 0 Å². The first kappa shape index (κ1) is 16.5. The van der Waals surface area contributed by atoms with Gasteiger partial charge in [-0.05, 0) is 79.9 Å². The second-order valence-corrected chi connectivity index (χ2v) is 7.86. The van der Waals surface area contributed by atoms with Crippen molar-refractivity contribution in [2.24, 2.45) is 0 Å². The molecule has 4 rings (SSSR count). The van der Waals surface area contributed by atoms with E-state index in [-0.39, 0.29) is 0 Å². The summed E-state index contributed by atoms with van der Waals surface area (Å²) in [6.07, 6.45) is 6.22. The van der Waals surface area contributed by atoms with Gasteiger partial charge < -0.3 is 4.90 Å². The maximum absolute atomic E-state index is 8.89. The minimum atomic E-state index is 0.548.